The van der Waals surface area contributed by atoms with Gasteiger partial charge in [-0.05, 0) is 38.7 Å². The van der Waals surface area contributed by atoms with Crippen molar-refractivity contribution in [1.82, 2.24) is 24.5 Å². The fourth-order valence-electron chi connectivity index (χ4n) is 4.25. The molecule has 168 valence electrons. The lowest BCUT2D eigenvalue weighted by Gasteiger charge is -2.33. The van der Waals surface area contributed by atoms with Crippen molar-refractivity contribution in [3.05, 3.63) is 45.8 Å². The minimum Gasteiger partial charge on any atom is -0.477 e. The number of aliphatic hydroxyl groups is 1. The van der Waals surface area contributed by atoms with Gasteiger partial charge in [-0.15, -0.1) is 5.10 Å². The average molecular weight is 442 g/mol. The predicted octanol–water partition coefficient (Wildman–Crippen LogP) is 2.05. The van der Waals surface area contributed by atoms with Gasteiger partial charge in [0.15, 0.2) is 11.6 Å². The van der Waals surface area contributed by atoms with E-state index in [0.717, 1.165) is 18.9 Å². The van der Waals surface area contributed by atoms with Crippen molar-refractivity contribution in [2.45, 2.75) is 50.8 Å². The molecule has 0 aromatic carbocycles. The van der Waals surface area contributed by atoms with E-state index in [9.17, 15) is 19.8 Å². The lowest BCUT2D eigenvalue weighted by Crippen LogP contribution is -2.36. The largest absolute Gasteiger partial charge is 0.477 e. The third-order valence-electron chi connectivity index (χ3n) is 6.20. The zero-order valence-electron chi connectivity index (χ0n) is 17.5. The molecule has 32 heavy (non-hydrogen) atoms. The number of aromatic nitrogens is 5. The van der Waals surface area contributed by atoms with Gasteiger partial charge >= 0.3 is 5.97 Å². The van der Waals surface area contributed by atoms with Crippen LogP contribution in [0.2, 0.25) is 0 Å². The summed E-state index contributed by atoms with van der Waals surface area (Å²) in [5.41, 5.74) is -0.267. The standard InChI is InChI=1S/C21H23FN6O4/c1-11(29)17-10-28(25-24-17)13-4-6-26(7-5-13)20-16(22)8-14-18(30)15(21(31)32)9-27(12-2-3-12)19(14)23-20/h8-13,29H,2-7H2,1H3,(H,31,32). The van der Waals surface area contributed by atoms with Crippen LogP contribution >= 0.6 is 0 Å². The number of hydrogen-bond donors (Lipinski definition) is 2. The van der Waals surface area contributed by atoms with Crippen molar-refractivity contribution in [3.63, 3.8) is 0 Å². The summed E-state index contributed by atoms with van der Waals surface area (Å²) >= 11 is 0. The number of piperidine rings is 1. The molecule has 0 radical (unpaired) electrons. The summed E-state index contributed by atoms with van der Waals surface area (Å²) in [6, 6.07) is 1.27. The maximum atomic E-state index is 15.0. The first-order valence-corrected chi connectivity index (χ1v) is 10.7. The van der Waals surface area contributed by atoms with Crippen molar-refractivity contribution >= 4 is 22.8 Å². The van der Waals surface area contributed by atoms with Gasteiger partial charge in [-0.25, -0.2) is 18.9 Å². The molecule has 3 aromatic rings. The molecule has 3 aromatic heterocycles. The third-order valence-corrected chi connectivity index (χ3v) is 6.20. The number of carboxylic acid groups (broad SMARTS) is 1. The fraction of sp³-hybridized carbons (Fsp3) is 0.476. The van der Waals surface area contributed by atoms with Crippen LogP contribution in [0, 0.1) is 5.82 Å². The maximum Gasteiger partial charge on any atom is 0.341 e. The van der Waals surface area contributed by atoms with Crippen LogP contribution in [0.25, 0.3) is 11.0 Å². The van der Waals surface area contributed by atoms with E-state index < -0.39 is 23.3 Å². The van der Waals surface area contributed by atoms with Crippen molar-refractivity contribution in [2.24, 2.45) is 0 Å². The number of fused-ring (bicyclic) bond motifs is 1. The van der Waals surface area contributed by atoms with Crippen molar-refractivity contribution < 1.29 is 19.4 Å². The maximum absolute atomic E-state index is 15.0. The summed E-state index contributed by atoms with van der Waals surface area (Å²) in [5, 5.41) is 27.1. The molecule has 1 saturated heterocycles. The Balaban J connectivity index is 1.45. The van der Waals surface area contributed by atoms with Crippen LogP contribution in [0.15, 0.2) is 23.3 Å². The lowest BCUT2D eigenvalue weighted by atomic mass is 10.0. The smallest absolute Gasteiger partial charge is 0.341 e. The fourth-order valence-corrected chi connectivity index (χ4v) is 4.25. The Morgan fingerprint density at radius 3 is 2.50 bits per heavy atom. The highest BCUT2D eigenvalue weighted by atomic mass is 19.1. The molecule has 0 bridgehead atoms. The molecule has 5 rings (SSSR count). The van der Waals surface area contributed by atoms with E-state index in [1.807, 2.05) is 4.90 Å². The number of carbonyl (C=O) groups is 1. The Hall–Kier alpha value is -3.34. The highest BCUT2D eigenvalue weighted by Crippen LogP contribution is 2.37. The van der Waals surface area contributed by atoms with Crippen LogP contribution in [0.5, 0.6) is 0 Å². The molecule has 2 aliphatic rings. The summed E-state index contributed by atoms with van der Waals surface area (Å²) in [6.45, 7) is 2.70. The Kier molecular flexibility index (Phi) is 4.92. The summed E-state index contributed by atoms with van der Waals surface area (Å²) in [5.74, 6) is -1.81. The minimum absolute atomic E-state index is 0.0128. The van der Waals surface area contributed by atoms with Crippen molar-refractivity contribution in [2.75, 3.05) is 18.0 Å². The van der Waals surface area contributed by atoms with E-state index in [1.165, 1.54) is 6.20 Å². The van der Waals surface area contributed by atoms with Gasteiger partial charge in [0.1, 0.15) is 16.9 Å². The molecule has 1 saturated carbocycles. The molecular weight excluding hydrogens is 419 g/mol. The Morgan fingerprint density at radius 1 is 1.19 bits per heavy atom. The molecule has 4 heterocycles. The summed E-state index contributed by atoms with van der Waals surface area (Å²) < 4.78 is 18.5. The quantitative estimate of drug-likeness (QED) is 0.615. The first kappa shape index (κ1) is 20.6. The van der Waals surface area contributed by atoms with Crippen LogP contribution in [0.1, 0.15) is 66.8 Å². The molecule has 11 heteroatoms. The zero-order chi connectivity index (χ0) is 22.6. The van der Waals surface area contributed by atoms with Crippen molar-refractivity contribution in [3.8, 4) is 0 Å². The van der Waals surface area contributed by atoms with Gasteiger partial charge in [-0.3, -0.25) is 4.79 Å². The molecule has 2 fully saturated rings. The Labute approximate surface area is 181 Å². The van der Waals surface area contributed by atoms with Gasteiger partial charge in [0.25, 0.3) is 0 Å². The van der Waals surface area contributed by atoms with Crippen LogP contribution < -0.4 is 10.3 Å². The molecule has 1 aliphatic carbocycles. The number of pyridine rings is 2. The van der Waals surface area contributed by atoms with Gasteiger partial charge in [0, 0.05) is 25.3 Å². The van der Waals surface area contributed by atoms with Gasteiger partial charge in [0.2, 0.25) is 5.43 Å². The number of aliphatic hydroxyl groups excluding tert-OH is 1. The number of aromatic carboxylic acids is 1. The number of anilines is 1. The first-order chi connectivity index (χ1) is 15.3. The van der Waals surface area contributed by atoms with E-state index in [4.69, 9.17) is 0 Å². The molecular formula is C21H23FN6O4. The van der Waals surface area contributed by atoms with E-state index in [-0.39, 0.29) is 28.9 Å². The second kappa shape index (κ2) is 7.66. The summed E-state index contributed by atoms with van der Waals surface area (Å²) in [6.07, 6.45) is 5.48. The minimum atomic E-state index is -1.33. The molecule has 1 unspecified atom stereocenters. The highest BCUT2D eigenvalue weighted by molar-refractivity contribution is 5.92. The number of nitrogens with zero attached hydrogens (tertiary/aromatic N) is 6. The Bertz CT molecular complexity index is 1260. The highest BCUT2D eigenvalue weighted by Gasteiger charge is 2.30. The van der Waals surface area contributed by atoms with Gasteiger partial charge in [0.05, 0.1) is 23.7 Å². The molecule has 0 spiro atoms. The molecule has 1 aliphatic heterocycles. The second-order valence-corrected chi connectivity index (χ2v) is 8.50. The molecule has 1 atom stereocenters. The number of carboxylic acids is 1. The van der Waals surface area contributed by atoms with E-state index in [1.54, 1.807) is 22.4 Å². The van der Waals surface area contributed by atoms with Gasteiger partial charge < -0.3 is 19.7 Å². The van der Waals surface area contributed by atoms with Gasteiger partial charge in [-0.2, -0.15) is 0 Å². The Morgan fingerprint density at radius 2 is 1.91 bits per heavy atom. The van der Waals surface area contributed by atoms with E-state index in [2.05, 4.69) is 15.3 Å². The van der Waals surface area contributed by atoms with Crippen LogP contribution in [0.4, 0.5) is 10.2 Å². The summed E-state index contributed by atoms with van der Waals surface area (Å²) in [7, 11) is 0. The number of hydrogen-bond acceptors (Lipinski definition) is 7. The molecule has 0 amide bonds. The predicted molar refractivity (Wildman–Crippen MR) is 112 cm³/mol. The number of halogens is 1. The molecule has 10 nitrogen and oxygen atoms in total. The average Bonchev–Trinajstić information content (AvgIpc) is 3.48. The third kappa shape index (κ3) is 3.52. The van der Waals surface area contributed by atoms with E-state index >= 15 is 4.39 Å². The lowest BCUT2D eigenvalue weighted by molar-refractivity contribution is 0.0694. The van der Waals surface area contributed by atoms with Crippen molar-refractivity contribution in [1.29, 1.82) is 0 Å². The molecule has 2 N–H and O–H groups in total. The SMILES string of the molecule is CC(O)c1cn(C2CCN(c3nc4c(cc3F)c(=O)c(C(=O)O)cn4C3CC3)CC2)nn1. The normalized spacial score (nSPS) is 18.3. The summed E-state index contributed by atoms with van der Waals surface area (Å²) in [4.78, 5) is 30.4. The first-order valence-electron chi connectivity index (χ1n) is 10.7. The number of rotatable bonds is 5. The van der Waals surface area contributed by atoms with Crippen LogP contribution in [-0.2, 0) is 0 Å². The van der Waals surface area contributed by atoms with Crippen LogP contribution in [0.3, 0.4) is 0 Å². The zero-order valence-corrected chi connectivity index (χ0v) is 17.5. The van der Waals surface area contributed by atoms with Gasteiger partial charge in [-0.1, -0.05) is 5.21 Å². The second-order valence-electron chi connectivity index (χ2n) is 8.50. The topological polar surface area (TPSA) is 126 Å². The van der Waals surface area contributed by atoms with Crippen LogP contribution in [-0.4, -0.2) is 53.8 Å². The monoisotopic (exact) mass is 442 g/mol. The van der Waals surface area contributed by atoms with E-state index in [0.29, 0.717) is 37.3 Å².